The van der Waals surface area contributed by atoms with E-state index in [-0.39, 0.29) is 11.8 Å². The predicted molar refractivity (Wildman–Crippen MR) is 78.5 cm³/mol. The van der Waals surface area contributed by atoms with Crippen LogP contribution < -0.4 is 5.73 Å². The zero-order valence-electron chi connectivity index (χ0n) is 11.7. The van der Waals surface area contributed by atoms with Crippen molar-refractivity contribution in [3.63, 3.8) is 0 Å². The first-order valence-electron chi connectivity index (χ1n) is 6.60. The molecule has 1 aromatic carbocycles. The van der Waals surface area contributed by atoms with E-state index in [1.165, 1.54) is 0 Å². The molecule has 0 amide bonds. The summed E-state index contributed by atoms with van der Waals surface area (Å²) in [7, 11) is 0. The molecule has 0 heterocycles. The molecule has 0 aliphatic heterocycles. The Bertz CT molecular complexity index is 430. The molecule has 0 spiro atoms. The van der Waals surface area contributed by atoms with E-state index in [9.17, 15) is 9.90 Å². The lowest BCUT2D eigenvalue weighted by atomic mass is 9.71. The molecule has 2 unspecified atom stereocenters. The van der Waals surface area contributed by atoms with E-state index in [1.54, 1.807) is 12.1 Å². The van der Waals surface area contributed by atoms with Crippen LogP contribution in [-0.4, -0.2) is 16.6 Å². The number of rotatable bonds is 6. The summed E-state index contributed by atoms with van der Waals surface area (Å²) in [5, 5.41) is 10.2. The molecule has 106 valence electrons. The molecule has 0 radical (unpaired) electrons. The van der Waals surface area contributed by atoms with Gasteiger partial charge in [-0.2, -0.15) is 0 Å². The van der Waals surface area contributed by atoms with Crippen LogP contribution in [0.15, 0.2) is 24.3 Å². The smallest absolute Gasteiger partial charge is 0.324 e. The lowest BCUT2D eigenvalue weighted by molar-refractivity contribution is -0.145. The molecule has 0 bridgehead atoms. The fraction of sp³-hybridized carbons (Fsp3) is 0.533. The van der Waals surface area contributed by atoms with Crippen molar-refractivity contribution in [2.24, 2.45) is 11.7 Å². The number of hydrogen-bond acceptors (Lipinski definition) is 2. The summed E-state index contributed by atoms with van der Waals surface area (Å²) in [5.74, 6) is -1.04. The van der Waals surface area contributed by atoms with Gasteiger partial charge < -0.3 is 10.8 Å². The maximum absolute atomic E-state index is 11.6. The highest BCUT2D eigenvalue weighted by molar-refractivity contribution is 6.30. The maximum Gasteiger partial charge on any atom is 0.324 e. The SMILES string of the molecule is CCCC(N)(C(=O)O)C(c1ccc(Cl)cc1)C(C)C. The highest BCUT2D eigenvalue weighted by Crippen LogP contribution is 2.37. The highest BCUT2D eigenvalue weighted by Gasteiger charge is 2.43. The van der Waals surface area contributed by atoms with Gasteiger partial charge in [0.1, 0.15) is 5.54 Å². The van der Waals surface area contributed by atoms with Crippen molar-refractivity contribution >= 4 is 17.6 Å². The van der Waals surface area contributed by atoms with Gasteiger partial charge in [-0.15, -0.1) is 0 Å². The van der Waals surface area contributed by atoms with Crippen molar-refractivity contribution < 1.29 is 9.90 Å². The molecule has 0 aliphatic carbocycles. The van der Waals surface area contributed by atoms with Crippen LogP contribution in [-0.2, 0) is 4.79 Å². The fourth-order valence-electron chi connectivity index (χ4n) is 2.76. The molecule has 3 N–H and O–H groups in total. The van der Waals surface area contributed by atoms with Crippen molar-refractivity contribution in [3.8, 4) is 0 Å². The Morgan fingerprint density at radius 2 is 1.89 bits per heavy atom. The molecule has 0 fully saturated rings. The molecular weight excluding hydrogens is 262 g/mol. The van der Waals surface area contributed by atoms with Crippen LogP contribution in [0.4, 0.5) is 0 Å². The first-order chi connectivity index (χ1) is 8.82. The van der Waals surface area contributed by atoms with Crippen molar-refractivity contribution in [3.05, 3.63) is 34.9 Å². The van der Waals surface area contributed by atoms with Gasteiger partial charge in [0.15, 0.2) is 0 Å². The van der Waals surface area contributed by atoms with Crippen molar-refractivity contribution in [1.82, 2.24) is 0 Å². The van der Waals surface area contributed by atoms with Crippen molar-refractivity contribution in [2.75, 3.05) is 0 Å². The molecule has 3 nitrogen and oxygen atoms in total. The summed E-state index contributed by atoms with van der Waals surface area (Å²) in [5.41, 5.74) is 5.92. The average Bonchev–Trinajstić information content (AvgIpc) is 2.31. The Hall–Kier alpha value is -1.06. The number of carboxylic acids is 1. The van der Waals surface area contributed by atoms with Crippen LogP contribution in [0.25, 0.3) is 0 Å². The number of halogens is 1. The van der Waals surface area contributed by atoms with Crippen LogP contribution in [0.1, 0.15) is 45.1 Å². The molecule has 19 heavy (non-hydrogen) atoms. The minimum Gasteiger partial charge on any atom is -0.480 e. The summed E-state index contributed by atoms with van der Waals surface area (Å²) in [6.07, 6.45) is 1.19. The second-order valence-electron chi connectivity index (χ2n) is 5.37. The Balaban J connectivity index is 3.25. The van der Waals surface area contributed by atoms with Crippen molar-refractivity contribution in [2.45, 2.75) is 45.1 Å². The fourth-order valence-corrected chi connectivity index (χ4v) is 2.88. The predicted octanol–water partition coefficient (Wildman–Crippen LogP) is 3.66. The van der Waals surface area contributed by atoms with Crippen LogP contribution in [0, 0.1) is 5.92 Å². The minimum atomic E-state index is -1.24. The first kappa shape index (κ1) is 16.0. The van der Waals surface area contributed by atoms with E-state index in [4.69, 9.17) is 17.3 Å². The normalized spacial score (nSPS) is 16.1. The molecule has 0 aliphatic rings. The van der Waals surface area contributed by atoms with E-state index >= 15 is 0 Å². The molecule has 0 saturated heterocycles. The molecule has 2 atom stereocenters. The van der Waals surface area contributed by atoms with E-state index < -0.39 is 11.5 Å². The lowest BCUT2D eigenvalue weighted by Crippen LogP contribution is -2.54. The topological polar surface area (TPSA) is 63.3 Å². The van der Waals surface area contributed by atoms with Gasteiger partial charge >= 0.3 is 5.97 Å². The number of carbonyl (C=O) groups is 1. The van der Waals surface area contributed by atoms with Gasteiger partial charge in [-0.1, -0.05) is 50.9 Å². The largest absolute Gasteiger partial charge is 0.480 e. The number of aliphatic carboxylic acids is 1. The average molecular weight is 284 g/mol. The van der Waals surface area contributed by atoms with Crippen LogP contribution >= 0.6 is 11.6 Å². The Labute approximate surface area is 119 Å². The zero-order valence-corrected chi connectivity index (χ0v) is 12.4. The maximum atomic E-state index is 11.6. The summed E-state index contributed by atoms with van der Waals surface area (Å²) in [6.45, 7) is 5.95. The van der Waals surface area contributed by atoms with Gasteiger partial charge in [-0.05, 0) is 30.0 Å². The van der Waals surface area contributed by atoms with Gasteiger partial charge in [0.25, 0.3) is 0 Å². The van der Waals surface area contributed by atoms with E-state index in [1.807, 2.05) is 32.9 Å². The molecule has 0 saturated carbocycles. The molecule has 1 aromatic rings. The third kappa shape index (κ3) is 3.48. The standard InChI is InChI=1S/C15H22ClNO2/c1-4-9-15(17,14(18)19)13(10(2)3)11-5-7-12(16)8-6-11/h5-8,10,13H,4,9,17H2,1-3H3,(H,18,19). The Morgan fingerprint density at radius 3 is 2.26 bits per heavy atom. The molecule has 0 aromatic heterocycles. The Kier molecular flexibility index (Phi) is 5.39. The van der Waals surface area contributed by atoms with Gasteiger partial charge in [-0.3, -0.25) is 4.79 Å². The van der Waals surface area contributed by atoms with Crippen LogP contribution in [0.3, 0.4) is 0 Å². The third-order valence-corrected chi connectivity index (χ3v) is 3.76. The van der Waals surface area contributed by atoms with Crippen LogP contribution in [0.2, 0.25) is 5.02 Å². The highest BCUT2D eigenvalue weighted by atomic mass is 35.5. The van der Waals surface area contributed by atoms with Gasteiger partial charge in [0.2, 0.25) is 0 Å². The van der Waals surface area contributed by atoms with Gasteiger partial charge in [0, 0.05) is 10.9 Å². The van der Waals surface area contributed by atoms with E-state index in [0.717, 1.165) is 12.0 Å². The quantitative estimate of drug-likeness (QED) is 0.837. The summed E-state index contributed by atoms with van der Waals surface area (Å²) in [6, 6.07) is 7.29. The lowest BCUT2D eigenvalue weighted by Gasteiger charge is -2.36. The van der Waals surface area contributed by atoms with Crippen molar-refractivity contribution in [1.29, 1.82) is 0 Å². The third-order valence-electron chi connectivity index (χ3n) is 3.51. The Morgan fingerprint density at radius 1 is 1.37 bits per heavy atom. The summed E-state index contributed by atoms with van der Waals surface area (Å²) in [4.78, 5) is 11.6. The number of carboxylic acid groups (broad SMARTS) is 1. The molecular formula is C15H22ClNO2. The van der Waals surface area contributed by atoms with E-state index in [2.05, 4.69) is 0 Å². The zero-order chi connectivity index (χ0) is 14.6. The summed E-state index contributed by atoms with van der Waals surface area (Å²) >= 11 is 5.89. The number of hydrogen-bond donors (Lipinski definition) is 2. The summed E-state index contributed by atoms with van der Waals surface area (Å²) < 4.78 is 0. The number of benzene rings is 1. The second-order valence-corrected chi connectivity index (χ2v) is 5.81. The first-order valence-corrected chi connectivity index (χ1v) is 6.98. The number of nitrogens with two attached hydrogens (primary N) is 1. The van der Waals surface area contributed by atoms with Crippen LogP contribution in [0.5, 0.6) is 0 Å². The molecule has 1 rings (SSSR count). The monoisotopic (exact) mass is 283 g/mol. The molecule has 4 heteroatoms. The van der Waals surface area contributed by atoms with Gasteiger partial charge in [-0.25, -0.2) is 0 Å². The second kappa shape index (κ2) is 6.40. The van der Waals surface area contributed by atoms with E-state index in [0.29, 0.717) is 11.4 Å². The minimum absolute atomic E-state index is 0.133. The van der Waals surface area contributed by atoms with Gasteiger partial charge in [0.05, 0.1) is 0 Å².